The fourth-order valence-corrected chi connectivity index (χ4v) is 0.425. The van der Waals surface area contributed by atoms with Crippen molar-refractivity contribution in [2.45, 2.75) is 33.2 Å². The summed E-state index contributed by atoms with van der Waals surface area (Å²) in [6, 6.07) is 0.0556. The van der Waals surface area contributed by atoms with Gasteiger partial charge in [0.2, 0.25) is 0 Å². The van der Waals surface area contributed by atoms with E-state index < -0.39 is 17.9 Å². The van der Waals surface area contributed by atoms with Crippen LogP contribution in [0.1, 0.15) is 30.0 Å². The number of aliphatic hydroxyl groups excluding tert-OH is 1. The second-order valence-electron chi connectivity index (χ2n) is 3.17. The average molecular weight is 341 g/mol. The number of rotatable bonds is 4. The fraction of sp³-hybridized carbons (Fsp3) is 0.700. The van der Waals surface area contributed by atoms with Gasteiger partial charge in [0.05, 0.1) is 0 Å². The van der Waals surface area contributed by atoms with E-state index in [1.165, 1.54) is 0 Å². The predicted molar refractivity (Wildman–Crippen MR) is 79.8 cm³/mol. The van der Waals surface area contributed by atoms with Crippen molar-refractivity contribution in [1.29, 1.82) is 0 Å². The van der Waals surface area contributed by atoms with Crippen molar-refractivity contribution in [3.05, 3.63) is 0 Å². The van der Waals surface area contributed by atoms with Gasteiger partial charge < -0.3 is 29.0 Å². The molecule has 0 aliphatic heterocycles. The van der Waals surface area contributed by atoms with Crippen LogP contribution in [0.4, 0.5) is 0 Å². The van der Waals surface area contributed by atoms with Crippen molar-refractivity contribution in [3.63, 3.8) is 0 Å². The number of aliphatic carboxylic acids is 3. The van der Waals surface area contributed by atoms with Crippen molar-refractivity contribution in [3.8, 4) is 0 Å². The van der Waals surface area contributed by atoms with Crippen LogP contribution in [-0.2, 0) is 14.4 Å². The van der Waals surface area contributed by atoms with Gasteiger partial charge >= 0.3 is 37.7 Å². The first kappa shape index (κ1) is 32.5. The normalized spacial score (nSPS) is 8.86. The number of aliphatic hydroxyl groups is 1. The third kappa shape index (κ3) is 141. The van der Waals surface area contributed by atoms with E-state index in [0.717, 1.165) is 20.8 Å². The van der Waals surface area contributed by atoms with Crippen LogP contribution in [0.25, 0.3) is 0 Å². The van der Waals surface area contributed by atoms with E-state index in [2.05, 4.69) is 5.43 Å². The first-order valence-electron chi connectivity index (χ1n) is 5.40. The summed E-state index contributed by atoms with van der Waals surface area (Å²) >= 11 is 0. The zero-order valence-corrected chi connectivity index (χ0v) is 14.8. The second kappa shape index (κ2) is 27.8. The van der Waals surface area contributed by atoms with Crippen LogP contribution in [-0.4, -0.2) is 95.3 Å². The maximum atomic E-state index is 9.00. The van der Waals surface area contributed by atoms with Gasteiger partial charge in [0.15, 0.2) is 0 Å². The van der Waals surface area contributed by atoms with E-state index >= 15 is 0 Å². The van der Waals surface area contributed by atoms with Crippen molar-refractivity contribution in [2.75, 3.05) is 13.2 Å². The zero-order valence-electron chi connectivity index (χ0n) is 14.6. The van der Waals surface area contributed by atoms with Crippen LogP contribution >= 0.6 is 0 Å². The van der Waals surface area contributed by atoms with Crippen LogP contribution < -0.4 is 17.0 Å². The molecule has 0 fully saturated rings. The largest absolute Gasteiger partial charge is 2.00 e. The molecule has 0 aromatic rings. The van der Waals surface area contributed by atoms with Crippen LogP contribution in [0.3, 0.4) is 0 Å². The molecule has 0 saturated heterocycles. The van der Waals surface area contributed by atoms with Gasteiger partial charge in [-0.2, -0.15) is 0 Å². The monoisotopic (exact) mass is 341 g/mol. The zero-order chi connectivity index (χ0) is 17.1. The maximum absolute atomic E-state index is 9.00. The molecule has 0 spiro atoms. The third-order valence-corrected chi connectivity index (χ3v) is 0.998. The molecule has 1 atom stereocenters. The van der Waals surface area contributed by atoms with Gasteiger partial charge in [-0.3, -0.25) is 25.7 Å². The van der Waals surface area contributed by atoms with E-state index in [0.29, 0.717) is 13.0 Å². The number of nitrogens with two attached hydrogens (primary N) is 2. The van der Waals surface area contributed by atoms with Crippen LogP contribution in [0.15, 0.2) is 0 Å². The average Bonchev–Trinajstić information content (AvgIpc) is 2.23. The summed E-state index contributed by atoms with van der Waals surface area (Å²) in [6.07, 6.45) is 0.618. The number of carboxylic acid groups (broad SMARTS) is 3. The Hall–Kier alpha value is -0.490. The Bertz CT molecular complexity index is 220. The molecule has 0 saturated carbocycles. The van der Waals surface area contributed by atoms with E-state index in [9.17, 15) is 0 Å². The van der Waals surface area contributed by atoms with Gasteiger partial charge in [-0.15, -0.1) is 0 Å². The van der Waals surface area contributed by atoms with Gasteiger partial charge in [0.25, 0.3) is 17.9 Å². The molecular formula is C10H27CaN3O7. The smallest absolute Gasteiger partial charge is 1.00 e. The second-order valence-corrected chi connectivity index (χ2v) is 3.17. The molecule has 126 valence electrons. The molecule has 0 aliphatic rings. The Kier molecular flexibility index (Phi) is 42.9. The topological polar surface area (TPSA) is 196 Å². The molecule has 1 unspecified atom stereocenters. The fourth-order valence-electron chi connectivity index (χ4n) is 0.425. The molecule has 0 aliphatic carbocycles. The number of hydrogen-bond donors (Lipinski definition) is 7. The standard InChI is InChI=1S/C4H13N3O.3C2H4O2.Ca.2H/c5-3-4(7-6)1-2-8;3*1-2(3)4;;;/h4,7-8H,1-3,5-6H2;3*1H3,(H,3,4);;;/q;;;;+2;2*-1. The summed E-state index contributed by atoms with van der Waals surface area (Å²) in [5.74, 6) is 2.53. The number of carbonyl (C=O) groups is 3. The Morgan fingerprint density at radius 2 is 1.29 bits per heavy atom. The summed E-state index contributed by atoms with van der Waals surface area (Å²) in [4.78, 5) is 27.0. The van der Waals surface area contributed by atoms with Crippen molar-refractivity contribution in [2.24, 2.45) is 11.6 Å². The SMILES string of the molecule is CC(=O)O.CC(=O)O.CC(=O)O.NCC(CCO)NN.[Ca+2].[H-].[H-]. The minimum absolute atomic E-state index is 0. The molecule has 0 heterocycles. The van der Waals surface area contributed by atoms with E-state index in [4.69, 9.17) is 46.4 Å². The number of nitrogens with one attached hydrogen (secondary N) is 1. The van der Waals surface area contributed by atoms with Crippen LogP contribution in [0.2, 0.25) is 0 Å². The molecule has 0 aromatic carbocycles. The first-order valence-corrected chi connectivity index (χ1v) is 5.40. The molecule has 0 amide bonds. The molecule has 0 radical (unpaired) electrons. The summed E-state index contributed by atoms with van der Waals surface area (Å²) < 4.78 is 0. The Morgan fingerprint density at radius 1 is 1.05 bits per heavy atom. The summed E-state index contributed by atoms with van der Waals surface area (Å²) in [5.41, 5.74) is 7.68. The molecule has 11 heteroatoms. The van der Waals surface area contributed by atoms with E-state index in [-0.39, 0.29) is 53.2 Å². The minimum atomic E-state index is -0.833. The molecule has 0 aromatic heterocycles. The molecule has 0 rings (SSSR count). The van der Waals surface area contributed by atoms with Crippen LogP contribution in [0, 0.1) is 0 Å². The molecular weight excluding hydrogens is 314 g/mol. The molecule has 10 nitrogen and oxygen atoms in total. The summed E-state index contributed by atoms with van der Waals surface area (Å²) in [6.45, 7) is 3.85. The summed E-state index contributed by atoms with van der Waals surface area (Å²) in [7, 11) is 0. The van der Waals surface area contributed by atoms with Crippen molar-refractivity contribution >= 4 is 55.6 Å². The minimum Gasteiger partial charge on any atom is -1.00 e. The van der Waals surface area contributed by atoms with Gasteiger partial charge in [-0.1, -0.05) is 0 Å². The number of hydrazine groups is 1. The Morgan fingerprint density at radius 3 is 1.33 bits per heavy atom. The molecule has 21 heavy (non-hydrogen) atoms. The van der Waals surface area contributed by atoms with Gasteiger partial charge in [-0.05, 0) is 6.42 Å². The summed E-state index contributed by atoms with van der Waals surface area (Å²) in [5, 5.41) is 30.6. The van der Waals surface area contributed by atoms with Crippen molar-refractivity contribution < 1.29 is 37.7 Å². The van der Waals surface area contributed by atoms with Gasteiger partial charge in [0, 0.05) is 40.0 Å². The predicted octanol–water partition coefficient (Wildman–Crippen LogP) is -1.72. The Balaban J connectivity index is -0.0000000301. The third-order valence-electron chi connectivity index (χ3n) is 0.998. The van der Waals surface area contributed by atoms with E-state index in [1.54, 1.807) is 0 Å². The first-order chi connectivity index (χ1) is 9.04. The molecule has 9 N–H and O–H groups in total. The Labute approximate surface area is 156 Å². The van der Waals surface area contributed by atoms with Crippen molar-refractivity contribution in [1.82, 2.24) is 5.43 Å². The van der Waals surface area contributed by atoms with Crippen LogP contribution in [0.5, 0.6) is 0 Å². The number of carboxylic acids is 3. The molecule has 0 bridgehead atoms. The maximum Gasteiger partial charge on any atom is 2.00 e. The number of hydrogen-bond acceptors (Lipinski definition) is 7. The quantitative estimate of drug-likeness (QED) is 0.175. The van der Waals surface area contributed by atoms with Gasteiger partial charge in [-0.25, -0.2) is 0 Å². The van der Waals surface area contributed by atoms with Gasteiger partial charge in [0.1, 0.15) is 0 Å². The van der Waals surface area contributed by atoms with E-state index in [1.807, 2.05) is 0 Å².